The third-order valence-corrected chi connectivity index (χ3v) is 5.07. The van der Waals surface area contributed by atoms with E-state index >= 15 is 0 Å². The Morgan fingerprint density at radius 2 is 2.17 bits per heavy atom. The van der Waals surface area contributed by atoms with Crippen LogP contribution in [0.3, 0.4) is 0 Å². The fourth-order valence-corrected chi connectivity index (χ4v) is 3.77. The Morgan fingerprint density at radius 3 is 2.96 bits per heavy atom. The molecule has 1 fully saturated rings. The largest absolute Gasteiger partial charge is 0.423 e. The van der Waals surface area contributed by atoms with E-state index in [9.17, 15) is 9.90 Å². The van der Waals surface area contributed by atoms with Crippen LogP contribution in [0.25, 0.3) is 11.0 Å². The molecule has 4 nitrogen and oxygen atoms in total. The molecule has 0 aliphatic carbocycles. The van der Waals surface area contributed by atoms with Gasteiger partial charge in [0.2, 0.25) is 0 Å². The molecule has 0 amide bonds. The Morgan fingerprint density at radius 1 is 1.30 bits per heavy atom. The predicted octanol–water partition coefficient (Wildman–Crippen LogP) is 1.68. The number of likely N-dealkylation sites (tertiary alicyclic amines) is 1. The standard InChI is InChI=1S/C19H25NO3/c1-2-14-6-7-18-17(11-14)15(12-19(22)23-18)13-20-9-4-3-5-16(20)8-10-21/h6-7,11-12,16,21H,2-5,8-10,13H2,1H3/p+1/t16-/m1/s1. The van der Waals surface area contributed by atoms with Gasteiger partial charge in [-0.15, -0.1) is 0 Å². The molecule has 0 spiro atoms. The highest BCUT2D eigenvalue weighted by Gasteiger charge is 2.26. The Labute approximate surface area is 136 Å². The summed E-state index contributed by atoms with van der Waals surface area (Å²) in [5.41, 5.74) is 2.74. The highest BCUT2D eigenvalue weighted by Crippen LogP contribution is 2.19. The number of aliphatic hydroxyl groups excluding tert-OH is 1. The van der Waals surface area contributed by atoms with Gasteiger partial charge in [0.05, 0.1) is 12.6 Å². The van der Waals surface area contributed by atoms with Gasteiger partial charge in [-0.2, -0.15) is 0 Å². The molecule has 1 aromatic heterocycles. The molecule has 1 aliphatic rings. The summed E-state index contributed by atoms with van der Waals surface area (Å²) in [6, 6.07) is 8.23. The number of nitrogens with one attached hydrogen (secondary N) is 1. The Bertz CT molecular complexity index is 720. The summed E-state index contributed by atoms with van der Waals surface area (Å²) in [5, 5.41) is 10.4. The third-order valence-electron chi connectivity index (χ3n) is 5.07. The van der Waals surface area contributed by atoms with E-state index in [-0.39, 0.29) is 12.2 Å². The van der Waals surface area contributed by atoms with E-state index < -0.39 is 0 Å². The SMILES string of the molecule is CCc1ccc2oc(=O)cc(C[NH+]3CCCC[C@@H]3CCO)c2c1. The monoisotopic (exact) mass is 316 g/mol. The second kappa shape index (κ2) is 7.28. The van der Waals surface area contributed by atoms with Crippen molar-refractivity contribution >= 4 is 11.0 Å². The summed E-state index contributed by atoms with van der Waals surface area (Å²) in [5.74, 6) is 0. The maximum absolute atomic E-state index is 11.9. The summed E-state index contributed by atoms with van der Waals surface area (Å²) in [7, 11) is 0. The first-order chi connectivity index (χ1) is 11.2. The quantitative estimate of drug-likeness (QED) is 0.825. The van der Waals surface area contributed by atoms with Crippen LogP contribution >= 0.6 is 0 Å². The van der Waals surface area contributed by atoms with Crippen LogP contribution in [0.2, 0.25) is 0 Å². The highest BCUT2D eigenvalue weighted by molar-refractivity contribution is 5.80. The van der Waals surface area contributed by atoms with Gasteiger partial charge in [-0.3, -0.25) is 0 Å². The van der Waals surface area contributed by atoms with Crippen LogP contribution in [0.15, 0.2) is 33.5 Å². The average molecular weight is 316 g/mol. The summed E-state index contributed by atoms with van der Waals surface area (Å²) < 4.78 is 5.36. The summed E-state index contributed by atoms with van der Waals surface area (Å²) in [6.07, 6.45) is 5.44. The van der Waals surface area contributed by atoms with Crippen molar-refractivity contribution in [2.45, 2.75) is 51.6 Å². The van der Waals surface area contributed by atoms with E-state index in [4.69, 9.17) is 4.42 Å². The normalized spacial score (nSPS) is 21.7. The van der Waals surface area contributed by atoms with Gasteiger partial charge in [0.25, 0.3) is 0 Å². The molecule has 3 rings (SSSR count). The average Bonchev–Trinajstić information content (AvgIpc) is 2.56. The molecule has 2 N–H and O–H groups in total. The molecule has 1 saturated heterocycles. The minimum absolute atomic E-state index is 0.242. The zero-order valence-electron chi connectivity index (χ0n) is 13.8. The molecule has 2 aromatic rings. The molecule has 2 heterocycles. The van der Waals surface area contributed by atoms with Crippen LogP contribution in [0.1, 0.15) is 43.7 Å². The molecule has 0 saturated carbocycles. The second-order valence-corrected chi connectivity index (χ2v) is 6.56. The Hall–Kier alpha value is -1.65. The van der Waals surface area contributed by atoms with Gasteiger partial charge in [-0.05, 0) is 43.4 Å². The third kappa shape index (κ3) is 3.65. The van der Waals surface area contributed by atoms with E-state index in [1.54, 1.807) is 6.07 Å². The van der Waals surface area contributed by atoms with Crippen LogP contribution < -0.4 is 10.5 Å². The number of piperidine rings is 1. The fourth-order valence-electron chi connectivity index (χ4n) is 3.77. The zero-order valence-corrected chi connectivity index (χ0v) is 13.8. The molecule has 0 bridgehead atoms. The number of hydrogen-bond acceptors (Lipinski definition) is 3. The number of fused-ring (bicyclic) bond motifs is 1. The Balaban J connectivity index is 1.95. The van der Waals surface area contributed by atoms with Crippen LogP contribution in [-0.4, -0.2) is 24.3 Å². The van der Waals surface area contributed by atoms with E-state index in [2.05, 4.69) is 13.0 Å². The number of aliphatic hydroxyl groups is 1. The number of hydrogen-bond donors (Lipinski definition) is 2. The maximum Gasteiger partial charge on any atom is 0.336 e. The van der Waals surface area contributed by atoms with Crippen molar-refractivity contribution in [3.63, 3.8) is 0 Å². The van der Waals surface area contributed by atoms with E-state index in [1.165, 1.54) is 23.3 Å². The zero-order chi connectivity index (χ0) is 16.2. The first-order valence-electron chi connectivity index (χ1n) is 8.72. The van der Waals surface area contributed by atoms with E-state index in [0.29, 0.717) is 11.6 Å². The Kier molecular flexibility index (Phi) is 5.13. The molecule has 2 atom stereocenters. The van der Waals surface area contributed by atoms with Crippen molar-refractivity contribution in [3.05, 3.63) is 45.8 Å². The van der Waals surface area contributed by atoms with Crippen molar-refractivity contribution in [3.8, 4) is 0 Å². The lowest BCUT2D eigenvalue weighted by atomic mass is 9.98. The first kappa shape index (κ1) is 16.2. The number of quaternary nitrogens is 1. The van der Waals surface area contributed by atoms with E-state index in [0.717, 1.165) is 43.3 Å². The van der Waals surface area contributed by atoms with Gasteiger partial charge in [-0.25, -0.2) is 4.79 Å². The number of benzene rings is 1. The minimum Gasteiger partial charge on any atom is -0.423 e. The highest BCUT2D eigenvalue weighted by atomic mass is 16.4. The lowest BCUT2D eigenvalue weighted by Crippen LogP contribution is -3.15. The van der Waals surface area contributed by atoms with E-state index in [1.807, 2.05) is 12.1 Å². The van der Waals surface area contributed by atoms with Crippen molar-refractivity contribution in [2.24, 2.45) is 0 Å². The van der Waals surface area contributed by atoms with Crippen LogP contribution in [0.5, 0.6) is 0 Å². The molecular weight excluding hydrogens is 290 g/mol. The van der Waals surface area contributed by atoms with Crippen LogP contribution in [0.4, 0.5) is 0 Å². The lowest BCUT2D eigenvalue weighted by molar-refractivity contribution is -0.944. The predicted molar refractivity (Wildman–Crippen MR) is 90.7 cm³/mol. The van der Waals surface area contributed by atoms with Crippen molar-refractivity contribution < 1.29 is 14.4 Å². The van der Waals surface area contributed by atoms with Gasteiger partial charge >= 0.3 is 5.63 Å². The van der Waals surface area contributed by atoms with Gasteiger partial charge in [-0.1, -0.05) is 13.0 Å². The molecule has 23 heavy (non-hydrogen) atoms. The van der Waals surface area contributed by atoms with Crippen molar-refractivity contribution in [2.75, 3.05) is 13.2 Å². The number of rotatable bonds is 5. The molecule has 0 radical (unpaired) electrons. The summed E-state index contributed by atoms with van der Waals surface area (Å²) in [6.45, 7) is 4.32. The molecule has 1 aromatic carbocycles. The molecule has 1 aliphatic heterocycles. The minimum atomic E-state index is -0.271. The van der Waals surface area contributed by atoms with Gasteiger partial charge < -0.3 is 14.4 Å². The maximum atomic E-state index is 11.9. The molecule has 124 valence electrons. The van der Waals surface area contributed by atoms with Crippen molar-refractivity contribution in [1.29, 1.82) is 0 Å². The van der Waals surface area contributed by atoms with Crippen molar-refractivity contribution in [1.82, 2.24) is 0 Å². The summed E-state index contributed by atoms with van der Waals surface area (Å²) >= 11 is 0. The lowest BCUT2D eigenvalue weighted by Gasteiger charge is -2.32. The van der Waals surface area contributed by atoms with Crippen LogP contribution in [0, 0.1) is 0 Å². The van der Waals surface area contributed by atoms with Gasteiger partial charge in [0, 0.05) is 30.0 Å². The number of aryl methyl sites for hydroxylation is 1. The molecular formula is C19H26NO3+. The van der Waals surface area contributed by atoms with Gasteiger partial charge in [0.15, 0.2) is 0 Å². The fraction of sp³-hybridized carbons (Fsp3) is 0.526. The topological polar surface area (TPSA) is 54.9 Å². The van der Waals surface area contributed by atoms with Crippen LogP contribution in [-0.2, 0) is 13.0 Å². The second-order valence-electron chi connectivity index (χ2n) is 6.56. The van der Waals surface area contributed by atoms with Gasteiger partial charge in [0.1, 0.15) is 12.1 Å². The summed E-state index contributed by atoms with van der Waals surface area (Å²) in [4.78, 5) is 13.4. The molecule has 1 unspecified atom stereocenters. The first-order valence-corrected chi connectivity index (χ1v) is 8.72. The smallest absolute Gasteiger partial charge is 0.336 e. The molecule has 4 heteroatoms.